The second-order valence-corrected chi connectivity index (χ2v) is 3.72. The summed E-state index contributed by atoms with van der Waals surface area (Å²) in [5.74, 6) is 0. The zero-order valence-electron chi connectivity index (χ0n) is 9.14. The fourth-order valence-corrected chi connectivity index (χ4v) is 1.59. The van der Waals surface area contributed by atoms with Gasteiger partial charge in [0.05, 0.1) is 13.2 Å². The minimum Gasteiger partial charge on any atom is -0.460 e. The van der Waals surface area contributed by atoms with Gasteiger partial charge in [0.2, 0.25) is 0 Å². The molecule has 2 rings (SSSR count). The summed E-state index contributed by atoms with van der Waals surface area (Å²) in [4.78, 5) is 8.16. The smallest absolute Gasteiger partial charge is 0.318 e. The Labute approximate surface area is 94.0 Å². The monoisotopic (exact) mass is 219 g/mol. The van der Waals surface area contributed by atoms with E-state index in [1.807, 2.05) is 13.0 Å². The molecule has 1 aromatic rings. The maximum absolute atomic E-state index is 8.78. The van der Waals surface area contributed by atoms with Crippen LogP contribution in [0.3, 0.4) is 0 Å². The molecule has 16 heavy (non-hydrogen) atoms. The van der Waals surface area contributed by atoms with E-state index in [4.69, 9.17) is 14.7 Å². The lowest BCUT2D eigenvalue weighted by molar-refractivity contribution is 0.0216. The normalized spacial score (nSPS) is 16.8. The van der Waals surface area contributed by atoms with Gasteiger partial charge in [-0.25, -0.2) is 4.98 Å². The molecule has 5 heteroatoms. The molecule has 2 heterocycles. The van der Waals surface area contributed by atoms with Crippen molar-refractivity contribution in [2.45, 2.75) is 25.9 Å². The first-order valence-electron chi connectivity index (χ1n) is 5.28. The van der Waals surface area contributed by atoms with Gasteiger partial charge in [-0.05, 0) is 13.0 Å². The summed E-state index contributed by atoms with van der Waals surface area (Å²) in [7, 11) is 0. The van der Waals surface area contributed by atoms with Crippen molar-refractivity contribution in [2.75, 3.05) is 13.2 Å². The van der Waals surface area contributed by atoms with Gasteiger partial charge in [-0.1, -0.05) is 0 Å². The molecule has 1 saturated heterocycles. The fraction of sp³-hybridized carbons (Fsp3) is 0.545. The van der Waals surface area contributed by atoms with Gasteiger partial charge in [0.1, 0.15) is 17.9 Å². The second-order valence-electron chi connectivity index (χ2n) is 3.72. The van der Waals surface area contributed by atoms with Gasteiger partial charge in [0.25, 0.3) is 0 Å². The average molecular weight is 219 g/mol. The molecule has 1 fully saturated rings. The van der Waals surface area contributed by atoms with Gasteiger partial charge in [0, 0.05) is 18.5 Å². The molecule has 1 aliphatic heterocycles. The SMILES string of the molecule is Cc1cc(C#N)nc(OC2CCOCC2)n1. The molecular formula is C11H13N3O2. The molecule has 1 aliphatic rings. The Kier molecular flexibility index (Phi) is 3.32. The largest absolute Gasteiger partial charge is 0.460 e. The number of nitriles is 1. The number of aryl methyl sites for hydroxylation is 1. The standard InChI is InChI=1S/C11H13N3O2/c1-8-6-9(7-12)14-11(13-8)16-10-2-4-15-5-3-10/h6,10H,2-5H2,1H3. The van der Waals surface area contributed by atoms with Gasteiger partial charge in [-0.15, -0.1) is 0 Å². The predicted octanol–water partition coefficient (Wildman–Crippen LogP) is 1.21. The van der Waals surface area contributed by atoms with Crippen molar-refractivity contribution in [3.05, 3.63) is 17.5 Å². The zero-order chi connectivity index (χ0) is 11.4. The maximum Gasteiger partial charge on any atom is 0.318 e. The van der Waals surface area contributed by atoms with Crippen LogP contribution in [0.5, 0.6) is 6.01 Å². The molecule has 0 bridgehead atoms. The molecule has 84 valence electrons. The van der Waals surface area contributed by atoms with E-state index in [1.165, 1.54) is 0 Å². The number of rotatable bonds is 2. The minimum atomic E-state index is 0.0992. The zero-order valence-corrected chi connectivity index (χ0v) is 9.14. The van der Waals surface area contributed by atoms with Crippen molar-refractivity contribution in [3.8, 4) is 12.1 Å². The summed E-state index contributed by atoms with van der Waals surface area (Å²) in [5, 5.41) is 8.78. The van der Waals surface area contributed by atoms with E-state index >= 15 is 0 Å². The molecule has 0 aliphatic carbocycles. The highest BCUT2D eigenvalue weighted by molar-refractivity contribution is 5.23. The topological polar surface area (TPSA) is 68.0 Å². The van der Waals surface area contributed by atoms with Crippen molar-refractivity contribution in [1.82, 2.24) is 9.97 Å². The molecule has 0 N–H and O–H groups in total. The van der Waals surface area contributed by atoms with Crippen molar-refractivity contribution >= 4 is 0 Å². The number of ether oxygens (including phenoxy) is 2. The molecule has 0 amide bonds. The Morgan fingerprint density at radius 1 is 1.44 bits per heavy atom. The second kappa shape index (κ2) is 4.90. The molecule has 0 atom stereocenters. The summed E-state index contributed by atoms with van der Waals surface area (Å²) in [6.45, 7) is 3.24. The van der Waals surface area contributed by atoms with Crippen LogP contribution in [0, 0.1) is 18.3 Å². The van der Waals surface area contributed by atoms with Crippen LogP contribution in [0.1, 0.15) is 24.2 Å². The number of hydrogen-bond donors (Lipinski definition) is 0. The number of hydrogen-bond acceptors (Lipinski definition) is 5. The van der Waals surface area contributed by atoms with Crippen LogP contribution in [0.2, 0.25) is 0 Å². The Bertz CT molecular complexity index is 408. The van der Waals surface area contributed by atoms with Crippen LogP contribution in [-0.2, 0) is 4.74 Å². The first kappa shape index (κ1) is 10.8. The third-order valence-corrected chi connectivity index (χ3v) is 2.39. The van der Waals surface area contributed by atoms with Crippen molar-refractivity contribution in [2.24, 2.45) is 0 Å². The van der Waals surface area contributed by atoms with Gasteiger partial charge in [-0.3, -0.25) is 0 Å². The van der Waals surface area contributed by atoms with Crippen molar-refractivity contribution in [3.63, 3.8) is 0 Å². The first-order chi connectivity index (χ1) is 7.78. The molecule has 0 radical (unpaired) electrons. The van der Waals surface area contributed by atoms with Gasteiger partial charge >= 0.3 is 6.01 Å². The Morgan fingerprint density at radius 3 is 2.88 bits per heavy atom. The Balaban J connectivity index is 2.08. The summed E-state index contributed by atoms with van der Waals surface area (Å²) in [5.41, 5.74) is 1.09. The summed E-state index contributed by atoms with van der Waals surface area (Å²) in [6.07, 6.45) is 1.79. The lowest BCUT2D eigenvalue weighted by atomic mass is 10.2. The number of nitrogens with zero attached hydrogens (tertiary/aromatic N) is 3. The van der Waals surface area contributed by atoms with Crippen molar-refractivity contribution in [1.29, 1.82) is 5.26 Å². The van der Waals surface area contributed by atoms with Gasteiger partial charge in [0.15, 0.2) is 0 Å². The van der Waals surface area contributed by atoms with Crippen LogP contribution in [0.25, 0.3) is 0 Å². The summed E-state index contributed by atoms with van der Waals surface area (Å²) >= 11 is 0. The highest BCUT2D eigenvalue weighted by Gasteiger charge is 2.16. The van der Waals surface area contributed by atoms with E-state index in [0.717, 1.165) is 18.5 Å². The molecular weight excluding hydrogens is 206 g/mol. The third-order valence-electron chi connectivity index (χ3n) is 2.39. The van der Waals surface area contributed by atoms with Crippen molar-refractivity contribution < 1.29 is 9.47 Å². The van der Waals surface area contributed by atoms with Gasteiger partial charge in [-0.2, -0.15) is 10.2 Å². The lowest BCUT2D eigenvalue weighted by Crippen LogP contribution is -2.26. The van der Waals surface area contributed by atoms with E-state index in [-0.39, 0.29) is 6.10 Å². The highest BCUT2D eigenvalue weighted by atomic mass is 16.5. The minimum absolute atomic E-state index is 0.0992. The van der Waals surface area contributed by atoms with Crippen LogP contribution in [-0.4, -0.2) is 29.3 Å². The average Bonchev–Trinajstić information content (AvgIpc) is 2.29. The molecule has 0 spiro atoms. The van der Waals surface area contributed by atoms with E-state index in [2.05, 4.69) is 9.97 Å². The molecule has 0 unspecified atom stereocenters. The maximum atomic E-state index is 8.78. The molecule has 0 aromatic carbocycles. The predicted molar refractivity (Wildman–Crippen MR) is 56.0 cm³/mol. The molecule has 1 aromatic heterocycles. The molecule has 0 saturated carbocycles. The Hall–Kier alpha value is -1.67. The third kappa shape index (κ3) is 2.67. The lowest BCUT2D eigenvalue weighted by Gasteiger charge is -2.22. The fourth-order valence-electron chi connectivity index (χ4n) is 1.59. The summed E-state index contributed by atoms with van der Waals surface area (Å²) in [6, 6.07) is 3.92. The van der Waals surface area contributed by atoms with E-state index < -0.39 is 0 Å². The highest BCUT2D eigenvalue weighted by Crippen LogP contribution is 2.14. The van der Waals surface area contributed by atoms with Crippen LogP contribution in [0.4, 0.5) is 0 Å². The van der Waals surface area contributed by atoms with Crippen LogP contribution < -0.4 is 4.74 Å². The van der Waals surface area contributed by atoms with E-state index in [0.29, 0.717) is 24.9 Å². The Morgan fingerprint density at radius 2 is 2.19 bits per heavy atom. The summed E-state index contributed by atoms with van der Waals surface area (Å²) < 4.78 is 10.9. The van der Waals surface area contributed by atoms with Crippen LogP contribution >= 0.6 is 0 Å². The van der Waals surface area contributed by atoms with Crippen LogP contribution in [0.15, 0.2) is 6.07 Å². The van der Waals surface area contributed by atoms with E-state index in [9.17, 15) is 0 Å². The first-order valence-corrected chi connectivity index (χ1v) is 5.28. The quantitative estimate of drug-likeness (QED) is 0.748. The van der Waals surface area contributed by atoms with Gasteiger partial charge < -0.3 is 9.47 Å². The number of aromatic nitrogens is 2. The van der Waals surface area contributed by atoms with E-state index in [1.54, 1.807) is 6.07 Å². The molecule has 5 nitrogen and oxygen atoms in total.